The van der Waals surface area contributed by atoms with Gasteiger partial charge in [-0.25, -0.2) is 8.42 Å². The summed E-state index contributed by atoms with van der Waals surface area (Å²) in [5.41, 5.74) is 1.91. The summed E-state index contributed by atoms with van der Waals surface area (Å²) in [6.45, 7) is 1.32. The number of hydrogen-bond acceptors (Lipinski definition) is 4. The Bertz CT molecular complexity index is 933. The molecular formula is C19H21ClN2O4S. The number of carbonyl (C=O) groups is 1. The summed E-state index contributed by atoms with van der Waals surface area (Å²) < 4.78 is 31.3. The molecule has 27 heavy (non-hydrogen) atoms. The Morgan fingerprint density at radius 2 is 1.93 bits per heavy atom. The molecule has 3 rings (SSSR count). The van der Waals surface area contributed by atoms with E-state index in [9.17, 15) is 13.2 Å². The molecule has 0 spiro atoms. The molecule has 1 aliphatic rings. The molecule has 1 saturated heterocycles. The van der Waals surface area contributed by atoms with Crippen molar-refractivity contribution in [1.29, 1.82) is 0 Å². The molecular weight excluding hydrogens is 388 g/mol. The molecule has 2 aromatic rings. The first-order valence-corrected chi connectivity index (χ1v) is 10.8. The van der Waals surface area contributed by atoms with Gasteiger partial charge in [-0.3, -0.25) is 9.52 Å². The average molecular weight is 409 g/mol. The minimum Gasteiger partial charge on any atom is -0.370 e. The molecule has 1 atom stereocenters. The summed E-state index contributed by atoms with van der Waals surface area (Å²) in [4.78, 5) is 14.5. The highest BCUT2D eigenvalue weighted by atomic mass is 35.5. The predicted molar refractivity (Wildman–Crippen MR) is 105 cm³/mol. The molecule has 1 amide bonds. The van der Waals surface area contributed by atoms with E-state index in [-0.39, 0.29) is 18.4 Å². The highest BCUT2D eigenvalue weighted by Crippen LogP contribution is 2.28. The Balaban J connectivity index is 1.73. The monoisotopic (exact) mass is 408 g/mol. The van der Waals surface area contributed by atoms with Crippen molar-refractivity contribution in [3.8, 4) is 0 Å². The molecule has 1 aliphatic heterocycles. The molecule has 6 nitrogen and oxygen atoms in total. The lowest BCUT2D eigenvalue weighted by atomic mass is 10.1. The molecule has 0 saturated carbocycles. The first-order chi connectivity index (χ1) is 12.8. The predicted octanol–water partition coefficient (Wildman–Crippen LogP) is 2.85. The van der Waals surface area contributed by atoms with E-state index in [1.807, 2.05) is 18.2 Å². The number of anilines is 1. The van der Waals surface area contributed by atoms with Crippen LogP contribution < -0.4 is 4.72 Å². The fraction of sp³-hybridized carbons (Fsp3) is 0.316. The van der Waals surface area contributed by atoms with Gasteiger partial charge in [0.15, 0.2) is 0 Å². The van der Waals surface area contributed by atoms with Gasteiger partial charge in [0.1, 0.15) is 6.10 Å². The number of hydrogen-bond donors (Lipinski definition) is 1. The van der Waals surface area contributed by atoms with Gasteiger partial charge >= 0.3 is 0 Å². The van der Waals surface area contributed by atoms with Crippen molar-refractivity contribution in [3.05, 3.63) is 64.7 Å². The number of ether oxygens (including phenoxy) is 1. The minimum absolute atomic E-state index is 0.0851. The van der Waals surface area contributed by atoms with Gasteiger partial charge in [0.2, 0.25) is 15.9 Å². The maximum absolute atomic E-state index is 12.8. The lowest BCUT2D eigenvalue weighted by Crippen LogP contribution is -2.43. The van der Waals surface area contributed by atoms with Crippen molar-refractivity contribution in [2.45, 2.75) is 12.5 Å². The van der Waals surface area contributed by atoms with Crippen LogP contribution in [0.4, 0.5) is 5.69 Å². The molecule has 0 aliphatic carbocycles. The third kappa shape index (κ3) is 5.22. The van der Waals surface area contributed by atoms with Crippen LogP contribution >= 0.6 is 11.6 Å². The van der Waals surface area contributed by atoms with Crippen molar-refractivity contribution >= 4 is 33.2 Å². The molecule has 0 aromatic heterocycles. The number of rotatable bonds is 5. The lowest BCUT2D eigenvalue weighted by molar-refractivity contribution is -0.138. The summed E-state index contributed by atoms with van der Waals surface area (Å²) in [5.74, 6) is -0.0851. The number of nitrogens with zero attached hydrogens (tertiary/aromatic N) is 1. The summed E-state index contributed by atoms with van der Waals surface area (Å²) in [5, 5.41) is 0.611. The Hall–Kier alpha value is -2.09. The van der Waals surface area contributed by atoms with Gasteiger partial charge in [0.25, 0.3) is 0 Å². The number of nitrogens with one attached hydrogen (secondary N) is 1. The smallest absolute Gasteiger partial charge is 0.229 e. The van der Waals surface area contributed by atoms with Crippen LogP contribution in [0.3, 0.4) is 0 Å². The molecule has 144 valence electrons. The van der Waals surface area contributed by atoms with E-state index in [4.69, 9.17) is 16.3 Å². The SMILES string of the molecule is CS(=O)(=O)Nc1ccccc1CC(=O)N1CCOC(c2ccccc2Cl)C1. The van der Waals surface area contributed by atoms with Crippen LogP contribution in [0, 0.1) is 0 Å². The number of benzene rings is 2. The van der Waals surface area contributed by atoms with Gasteiger partial charge in [-0.1, -0.05) is 48.0 Å². The zero-order chi connectivity index (χ0) is 19.4. The van der Waals surface area contributed by atoms with Crippen LogP contribution in [0.2, 0.25) is 5.02 Å². The van der Waals surface area contributed by atoms with Gasteiger partial charge in [-0.2, -0.15) is 0 Å². The summed E-state index contributed by atoms with van der Waals surface area (Å²) in [7, 11) is -3.42. The quantitative estimate of drug-likeness (QED) is 0.825. The van der Waals surface area contributed by atoms with Gasteiger partial charge in [-0.15, -0.1) is 0 Å². The van der Waals surface area contributed by atoms with E-state index in [0.717, 1.165) is 11.8 Å². The molecule has 0 radical (unpaired) electrons. The van der Waals surface area contributed by atoms with Crippen molar-refractivity contribution in [3.63, 3.8) is 0 Å². The van der Waals surface area contributed by atoms with Crippen molar-refractivity contribution in [2.75, 3.05) is 30.7 Å². The zero-order valence-electron chi connectivity index (χ0n) is 14.9. The van der Waals surface area contributed by atoms with Gasteiger partial charge in [-0.05, 0) is 17.7 Å². The normalized spacial score (nSPS) is 17.6. The maximum Gasteiger partial charge on any atom is 0.229 e. The highest BCUT2D eigenvalue weighted by Gasteiger charge is 2.27. The van der Waals surface area contributed by atoms with Crippen LogP contribution in [0.1, 0.15) is 17.2 Å². The second-order valence-corrected chi connectivity index (χ2v) is 8.58. The van der Waals surface area contributed by atoms with Gasteiger partial charge in [0, 0.05) is 17.1 Å². The lowest BCUT2D eigenvalue weighted by Gasteiger charge is -2.33. The van der Waals surface area contributed by atoms with Crippen LogP contribution in [0.15, 0.2) is 48.5 Å². The average Bonchev–Trinajstić information content (AvgIpc) is 2.62. The molecule has 0 bridgehead atoms. The van der Waals surface area contributed by atoms with Crippen LogP contribution in [0.5, 0.6) is 0 Å². The largest absolute Gasteiger partial charge is 0.370 e. The third-order valence-electron chi connectivity index (χ3n) is 4.33. The van der Waals surface area contributed by atoms with Crippen LogP contribution in [-0.4, -0.2) is 45.2 Å². The van der Waals surface area contributed by atoms with Crippen molar-refractivity contribution in [2.24, 2.45) is 0 Å². The Morgan fingerprint density at radius 3 is 2.67 bits per heavy atom. The molecule has 1 N–H and O–H groups in total. The standard InChI is InChI=1S/C19H21ClN2O4S/c1-27(24,25)21-17-9-5-2-6-14(17)12-19(23)22-10-11-26-18(13-22)15-7-3-4-8-16(15)20/h2-9,18,21H,10-13H2,1H3. The number of para-hydroxylation sites is 1. The summed E-state index contributed by atoms with van der Waals surface area (Å²) in [6.07, 6.45) is 0.913. The second-order valence-electron chi connectivity index (χ2n) is 6.43. The fourth-order valence-corrected chi connectivity index (χ4v) is 3.90. The van der Waals surface area contributed by atoms with E-state index in [0.29, 0.717) is 36.0 Å². The summed E-state index contributed by atoms with van der Waals surface area (Å²) in [6, 6.07) is 14.3. The number of morpholine rings is 1. The van der Waals surface area contributed by atoms with Crippen LogP contribution in [-0.2, 0) is 26.0 Å². The maximum atomic E-state index is 12.8. The van der Waals surface area contributed by atoms with Crippen molar-refractivity contribution in [1.82, 2.24) is 4.90 Å². The molecule has 1 unspecified atom stereocenters. The van der Waals surface area contributed by atoms with Gasteiger partial charge in [0.05, 0.1) is 31.5 Å². The molecule has 1 fully saturated rings. The van der Waals surface area contributed by atoms with E-state index >= 15 is 0 Å². The molecule has 2 aromatic carbocycles. The van der Waals surface area contributed by atoms with E-state index in [1.165, 1.54) is 0 Å². The van der Waals surface area contributed by atoms with Gasteiger partial charge < -0.3 is 9.64 Å². The first-order valence-electron chi connectivity index (χ1n) is 8.53. The number of amides is 1. The topological polar surface area (TPSA) is 75.7 Å². The Kier molecular flexibility index (Phi) is 6.04. The summed E-state index contributed by atoms with van der Waals surface area (Å²) >= 11 is 6.25. The third-order valence-corrected chi connectivity index (χ3v) is 5.26. The molecule has 8 heteroatoms. The van der Waals surface area contributed by atoms with E-state index in [1.54, 1.807) is 35.2 Å². The number of sulfonamides is 1. The van der Waals surface area contributed by atoms with E-state index in [2.05, 4.69) is 4.72 Å². The van der Waals surface area contributed by atoms with Crippen LogP contribution in [0.25, 0.3) is 0 Å². The second kappa shape index (κ2) is 8.29. The Morgan fingerprint density at radius 1 is 1.22 bits per heavy atom. The fourth-order valence-electron chi connectivity index (χ4n) is 3.05. The number of halogens is 1. The Labute approximate surface area is 164 Å². The first kappa shape index (κ1) is 19.7. The molecule has 1 heterocycles. The zero-order valence-corrected chi connectivity index (χ0v) is 16.5. The number of carbonyl (C=O) groups excluding carboxylic acids is 1. The van der Waals surface area contributed by atoms with Crippen molar-refractivity contribution < 1.29 is 17.9 Å². The minimum atomic E-state index is -3.42. The highest BCUT2D eigenvalue weighted by molar-refractivity contribution is 7.92. The van der Waals surface area contributed by atoms with E-state index < -0.39 is 10.0 Å².